The number of ketones is 1. The van der Waals surface area contributed by atoms with Crippen molar-refractivity contribution in [3.05, 3.63) is 75.3 Å². The van der Waals surface area contributed by atoms with Crippen LogP contribution in [-0.2, 0) is 9.53 Å². The lowest BCUT2D eigenvalue weighted by Gasteiger charge is -2.09. The Morgan fingerprint density at radius 1 is 1.12 bits per heavy atom. The van der Waals surface area contributed by atoms with Crippen molar-refractivity contribution in [1.82, 2.24) is 0 Å². The second-order valence-electron chi connectivity index (χ2n) is 5.96. The molecule has 0 amide bonds. The van der Waals surface area contributed by atoms with E-state index in [1.807, 2.05) is 12.1 Å². The van der Waals surface area contributed by atoms with E-state index in [9.17, 15) is 9.59 Å². The van der Waals surface area contributed by atoms with Crippen LogP contribution in [0.3, 0.4) is 0 Å². The summed E-state index contributed by atoms with van der Waals surface area (Å²) in [6.07, 6.45) is 3.79. The van der Waals surface area contributed by atoms with Gasteiger partial charge in [-0.05, 0) is 41.7 Å². The number of halogens is 2. The molecule has 3 nitrogen and oxygen atoms in total. The number of benzene rings is 2. The molecule has 0 aliphatic heterocycles. The molecule has 5 heteroatoms. The summed E-state index contributed by atoms with van der Waals surface area (Å²) in [5.74, 6) is -0.408. The molecule has 0 spiro atoms. The first-order valence-electron chi connectivity index (χ1n) is 8.33. The van der Waals surface area contributed by atoms with Crippen molar-refractivity contribution < 1.29 is 14.3 Å². The fraction of sp³-hybridized carbons (Fsp3) is 0.238. The van der Waals surface area contributed by atoms with E-state index in [2.05, 4.69) is 13.8 Å². The minimum Gasteiger partial charge on any atom is -0.454 e. The van der Waals surface area contributed by atoms with E-state index in [-0.39, 0.29) is 12.4 Å². The third-order valence-electron chi connectivity index (χ3n) is 4.12. The first-order chi connectivity index (χ1) is 12.4. The molecule has 26 heavy (non-hydrogen) atoms. The van der Waals surface area contributed by atoms with Crippen LogP contribution in [0.4, 0.5) is 0 Å². The standard InChI is InChI=1S/C21H20Cl2O3/c1-3-14(2)15-4-6-17(7-5-15)20(24)13-26-21(25)11-9-16-8-10-18(22)12-19(16)23/h4-12,14H,3,13H2,1-2H3/b11-9+/t14-/m1/s1. The fourth-order valence-corrected chi connectivity index (χ4v) is 2.77. The molecule has 2 aromatic rings. The topological polar surface area (TPSA) is 43.4 Å². The van der Waals surface area contributed by atoms with Crippen LogP contribution in [0.25, 0.3) is 6.08 Å². The average molecular weight is 391 g/mol. The molecule has 0 aromatic heterocycles. The van der Waals surface area contributed by atoms with Gasteiger partial charge in [-0.15, -0.1) is 0 Å². The van der Waals surface area contributed by atoms with Crippen molar-refractivity contribution in [3.63, 3.8) is 0 Å². The molecule has 0 aliphatic carbocycles. The third-order valence-corrected chi connectivity index (χ3v) is 4.68. The summed E-state index contributed by atoms with van der Waals surface area (Å²) in [6, 6.07) is 12.4. The van der Waals surface area contributed by atoms with Gasteiger partial charge < -0.3 is 4.74 Å². The van der Waals surface area contributed by atoms with Crippen molar-refractivity contribution in [3.8, 4) is 0 Å². The zero-order chi connectivity index (χ0) is 19.1. The normalized spacial score (nSPS) is 12.2. The molecule has 0 radical (unpaired) electrons. The number of Topliss-reactive ketones (excluding diaryl/α,β-unsaturated/α-hetero) is 1. The monoisotopic (exact) mass is 390 g/mol. The van der Waals surface area contributed by atoms with Gasteiger partial charge in [0.1, 0.15) is 0 Å². The Labute approximate surface area is 163 Å². The predicted octanol–water partition coefficient (Wildman–Crippen LogP) is 5.95. The molecule has 0 saturated heterocycles. The highest BCUT2D eigenvalue weighted by atomic mass is 35.5. The number of carbonyl (C=O) groups excluding carboxylic acids is 2. The Hall–Kier alpha value is -2.10. The lowest BCUT2D eigenvalue weighted by atomic mass is 9.97. The zero-order valence-corrected chi connectivity index (χ0v) is 16.2. The van der Waals surface area contributed by atoms with Crippen LogP contribution in [0.2, 0.25) is 10.0 Å². The van der Waals surface area contributed by atoms with Gasteiger partial charge in [-0.1, -0.05) is 67.4 Å². The number of hydrogen-bond acceptors (Lipinski definition) is 3. The Kier molecular flexibility index (Phi) is 7.43. The lowest BCUT2D eigenvalue weighted by Crippen LogP contribution is -2.12. The van der Waals surface area contributed by atoms with Crippen LogP contribution in [0.5, 0.6) is 0 Å². The molecule has 0 aliphatic rings. The van der Waals surface area contributed by atoms with Crippen LogP contribution in [0.15, 0.2) is 48.5 Å². The van der Waals surface area contributed by atoms with Gasteiger partial charge in [0.15, 0.2) is 12.4 Å². The van der Waals surface area contributed by atoms with Crippen molar-refractivity contribution in [2.24, 2.45) is 0 Å². The van der Waals surface area contributed by atoms with E-state index in [1.54, 1.807) is 30.3 Å². The van der Waals surface area contributed by atoms with E-state index in [0.29, 0.717) is 27.1 Å². The number of ether oxygens (including phenoxy) is 1. The summed E-state index contributed by atoms with van der Waals surface area (Å²) in [4.78, 5) is 23.9. The summed E-state index contributed by atoms with van der Waals surface area (Å²) >= 11 is 11.8. The first-order valence-corrected chi connectivity index (χ1v) is 9.09. The van der Waals surface area contributed by atoms with Crippen LogP contribution in [0, 0.1) is 0 Å². The van der Waals surface area contributed by atoms with Gasteiger partial charge >= 0.3 is 5.97 Å². The molecular weight excluding hydrogens is 371 g/mol. The van der Waals surface area contributed by atoms with E-state index in [0.717, 1.165) is 6.42 Å². The third kappa shape index (κ3) is 5.72. The van der Waals surface area contributed by atoms with Gasteiger partial charge in [0.05, 0.1) is 0 Å². The van der Waals surface area contributed by atoms with Gasteiger partial charge in [0, 0.05) is 21.7 Å². The fourth-order valence-electron chi connectivity index (χ4n) is 2.30. The van der Waals surface area contributed by atoms with E-state index in [1.165, 1.54) is 17.7 Å². The highest BCUT2D eigenvalue weighted by Gasteiger charge is 2.10. The van der Waals surface area contributed by atoms with Crippen molar-refractivity contribution in [2.45, 2.75) is 26.2 Å². The molecule has 136 valence electrons. The number of hydrogen-bond donors (Lipinski definition) is 0. The van der Waals surface area contributed by atoms with Gasteiger partial charge in [-0.3, -0.25) is 4.79 Å². The maximum absolute atomic E-state index is 12.1. The highest BCUT2D eigenvalue weighted by molar-refractivity contribution is 6.35. The van der Waals surface area contributed by atoms with E-state index < -0.39 is 5.97 Å². The summed E-state index contributed by atoms with van der Waals surface area (Å²) < 4.78 is 5.00. The summed E-state index contributed by atoms with van der Waals surface area (Å²) in [5, 5.41) is 0.943. The molecule has 0 heterocycles. The quantitative estimate of drug-likeness (QED) is 0.333. The second kappa shape index (κ2) is 9.56. The van der Waals surface area contributed by atoms with Crippen LogP contribution >= 0.6 is 23.2 Å². The zero-order valence-electron chi connectivity index (χ0n) is 14.7. The lowest BCUT2D eigenvalue weighted by molar-refractivity contribution is -0.136. The summed E-state index contributed by atoms with van der Waals surface area (Å²) in [6.45, 7) is 3.95. The Balaban J connectivity index is 1.90. The SMILES string of the molecule is CC[C@@H](C)c1ccc(C(=O)COC(=O)/C=C/c2ccc(Cl)cc2Cl)cc1. The molecule has 0 unspecified atom stereocenters. The van der Waals surface area contributed by atoms with Crippen LogP contribution in [-0.4, -0.2) is 18.4 Å². The number of esters is 1. The maximum Gasteiger partial charge on any atom is 0.331 e. The van der Waals surface area contributed by atoms with Gasteiger partial charge in [-0.25, -0.2) is 4.79 Å². The molecular formula is C21H20Cl2O3. The highest BCUT2D eigenvalue weighted by Crippen LogP contribution is 2.22. The summed E-state index contributed by atoms with van der Waals surface area (Å²) in [5.41, 5.74) is 2.35. The molecule has 0 saturated carbocycles. The van der Waals surface area contributed by atoms with Crippen molar-refractivity contribution in [2.75, 3.05) is 6.61 Å². The van der Waals surface area contributed by atoms with Crippen molar-refractivity contribution in [1.29, 1.82) is 0 Å². The molecule has 2 aromatic carbocycles. The van der Waals surface area contributed by atoms with Crippen LogP contribution in [0.1, 0.15) is 47.7 Å². The first kappa shape index (κ1) is 20.2. The Bertz CT molecular complexity index is 811. The Morgan fingerprint density at radius 2 is 1.81 bits per heavy atom. The molecule has 2 rings (SSSR count). The second-order valence-corrected chi connectivity index (χ2v) is 6.80. The number of rotatable bonds is 7. The van der Waals surface area contributed by atoms with Crippen LogP contribution < -0.4 is 0 Å². The molecule has 0 N–H and O–H groups in total. The van der Waals surface area contributed by atoms with Gasteiger partial charge in [-0.2, -0.15) is 0 Å². The molecule has 1 atom stereocenters. The Morgan fingerprint density at radius 3 is 2.42 bits per heavy atom. The van der Waals surface area contributed by atoms with Crippen molar-refractivity contribution >= 4 is 41.0 Å². The van der Waals surface area contributed by atoms with E-state index >= 15 is 0 Å². The summed E-state index contributed by atoms with van der Waals surface area (Å²) in [7, 11) is 0. The predicted molar refractivity (Wildman–Crippen MR) is 106 cm³/mol. The van der Waals surface area contributed by atoms with Gasteiger partial charge in [0.2, 0.25) is 0 Å². The molecule has 0 bridgehead atoms. The smallest absolute Gasteiger partial charge is 0.331 e. The van der Waals surface area contributed by atoms with E-state index in [4.69, 9.17) is 27.9 Å². The molecule has 0 fully saturated rings. The minimum absolute atomic E-state index is 0.244. The largest absolute Gasteiger partial charge is 0.454 e. The van der Waals surface area contributed by atoms with Gasteiger partial charge in [0.25, 0.3) is 0 Å². The minimum atomic E-state index is -0.611. The average Bonchev–Trinajstić information content (AvgIpc) is 2.64. The maximum atomic E-state index is 12.1. The number of carbonyl (C=O) groups is 2.